The lowest BCUT2D eigenvalue weighted by atomic mass is 9.74. The van der Waals surface area contributed by atoms with Crippen LogP contribution in [0.1, 0.15) is 42.5 Å². The van der Waals surface area contributed by atoms with E-state index in [0.717, 1.165) is 38.7 Å². The number of thiol groups is 1. The van der Waals surface area contributed by atoms with Gasteiger partial charge in [-0.3, -0.25) is 0 Å². The Morgan fingerprint density at radius 2 is 2.00 bits per heavy atom. The van der Waals surface area contributed by atoms with E-state index in [-0.39, 0.29) is 5.41 Å². The number of hydrogen-bond donors (Lipinski definition) is 2. The standard InChI is InChI=1S/C22H22N2S/c1-13-9-19-21(16-6-4-5-14(12-23)10-17(13)16)24-20-11-15(25)7-8-18(20)22(19,2)3/h4,6-11,25H,1,5,12,23H2,2-3H3. The second-order valence-electron chi connectivity index (χ2n) is 7.31. The van der Waals surface area contributed by atoms with Crippen LogP contribution in [-0.2, 0) is 5.41 Å². The van der Waals surface area contributed by atoms with Gasteiger partial charge in [-0.1, -0.05) is 50.3 Å². The smallest absolute Gasteiger partial charge is 0.0756 e. The molecular formula is C22H22N2S. The molecule has 1 aliphatic heterocycles. The quantitative estimate of drug-likeness (QED) is 0.759. The summed E-state index contributed by atoms with van der Waals surface area (Å²) in [4.78, 5) is 5.96. The van der Waals surface area contributed by atoms with Gasteiger partial charge in [0.25, 0.3) is 0 Å². The van der Waals surface area contributed by atoms with Crippen molar-refractivity contribution in [2.45, 2.75) is 30.6 Å². The summed E-state index contributed by atoms with van der Waals surface area (Å²) in [6.45, 7) is 9.39. The lowest BCUT2D eigenvalue weighted by Gasteiger charge is -2.32. The predicted octanol–water partition coefficient (Wildman–Crippen LogP) is 3.74. The van der Waals surface area contributed by atoms with Crippen LogP contribution in [0.3, 0.4) is 0 Å². The van der Waals surface area contributed by atoms with Gasteiger partial charge in [0.05, 0.1) is 11.0 Å². The SMILES string of the molecule is C=c1cc2c(c3c1C=C(CN)CC=C3)=Nc1cc(S)ccc1C2(C)C. The van der Waals surface area contributed by atoms with Crippen LogP contribution in [0.25, 0.3) is 18.7 Å². The van der Waals surface area contributed by atoms with Gasteiger partial charge in [0.1, 0.15) is 0 Å². The maximum absolute atomic E-state index is 5.89. The molecule has 126 valence electrons. The number of benzene rings is 2. The van der Waals surface area contributed by atoms with Crippen LogP contribution >= 0.6 is 12.6 Å². The van der Waals surface area contributed by atoms with Gasteiger partial charge in [0, 0.05) is 22.4 Å². The summed E-state index contributed by atoms with van der Waals surface area (Å²) < 4.78 is 0. The first kappa shape index (κ1) is 16.4. The van der Waals surface area contributed by atoms with E-state index in [9.17, 15) is 0 Å². The second-order valence-corrected chi connectivity index (χ2v) is 7.83. The fourth-order valence-electron chi connectivity index (χ4n) is 3.84. The number of nitrogens with zero attached hydrogens (tertiary/aromatic N) is 1. The van der Waals surface area contributed by atoms with Crippen molar-refractivity contribution >= 4 is 37.0 Å². The van der Waals surface area contributed by atoms with Crippen molar-refractivity contribution < 1.29 is 0 Å². The highest BCUT2D eigenvalue weighted by Crippen LogP contribution is 2.40. The minimum atomic E-state index is -0.129. The van der Waals surface area contributed by atoms with Crippen LogP contribution in [0.15, 0.2) is 45.8 Å². The minimum absolute atomic E-state index is 0.129. The Bertz CT molecular complexity index is 1060. The van der Waals surface area contributed by atoms with E-state index in [1.165, 1.54) is 16.7 Å². The third-order valence-electron chi connectivity index (χ3n) is 5.30. The van der Waals surface area contributed by atoms with Gasteiger partial charge in [0.15, 0.2) is 0 Å². The molecule has 2 aromatic rings. The lowest BCUT2D eigenvalue weighted by Crippen LogP contribution is -2.35. The van der Waals surface area contributed by atoms with Gasteiger partial charge in [0.2, 0.25) is 0 Å². The van der Waals surface area contributed by atoms with Gasteiger partial charge in [-0.25, -0.2) is 4.99 Å². The van der Waals surface area contributed by atoms with Crippen molar-refractivity contribution in [3.8, 4) is 0 Å². The molecule has 1 heterocycles. The Morgan fingerprint density at radius 3 is 2.76 bits per heavy atom. The van der Waals surface area contributed by atoms with Crippen LogP contribution in [0.4, 0.5) is 5.69 Å². The number of hydrogen-bond acceptors (Lipinski definition) is 3. The largest absolute Gasteiger partial charge is 0.327 e. The normalized spacial score (nSPS) is 16.9. The molecule has 0 fully saturated rings. The monoisotopic (exact) mass is 346 g/mol. The van der Waals surface area contributed by atoms with E-state index in [4.69, 9.17) is 10.7 Å². The van der Waals surface area contributed by atoms with Crippen molar-refractivity contribution in [2.75, 3.05) is 6.54 Å². The number of fused-ring (bicyclic) bond motifs is 4. The molecule has 0 aromatic heterocycles. The van der Waals surface area contributed by atoms with Crippen molar-refractivity contribution in [1.29, 1.82) is 0 Å². The summed E-state index contributed by atoms with van der Waals surface area (Å²) >= 11 is 4.49. The highest BCUT2D eigenvalue weighted by molar-refractivity contribution is 7.80. The van der Waals surface area contributed by atoms with Gasteiger partial charge in [-0.15, -0.1) is 12.6 Å². The first-order chi connectivity index (χ1) is 11.9. The van der Waals surface area contributed by atoms with Crippen molar-refractivity contribution in [2.24, 2.45) is 10.7 Å². The first-order valence-electron chi connectivity index (χ1n) is 8.56. The van der Waals surface area contributed by atoms with E-state index >= 15 is 0 Å². The molecule has 4 rings (SSSR count). The lowest BCUT2D eigenvalue weighted by molar-refractivity contribution is 0.622. The van der Waals surface area contributed by atoms with E-state index in [1.54, 1.807) is 0 Å². The summed E-state index contributed by atoms with van der Waals surface area (Å²) in [6, 6.07) is 8.42. The average molecular weight is 346 g/mol. The fraction of sp³-hybridized carbons (Fsp3) is 0.227. The Balaban J connectivity index is 2.14. The number of allylic oxidation sites excluding steroid dienone is 1. The zero-order chi connectivity index (χ0) is 17.8. The molecule has 0 bridgehead atoms. The molecule has 0 saturated carbocycles. The Hall–Kier alpha value is -2.10. The third kappa shape index (κ3) is 2.50. The molecule has 0 saturated heterocycles. The van der Waals surface area contributed by atoms with Crippen LogP contribution in [-0.4, -0.2) is 6.54 Å². The molecule has 25 heavy (non-hydrogen) atoms. The maximum Gasteiger partial charge on any atom is 0.0756 e. The number of nitrogens with two attached hydrogens (primary N) is 1. The van der Waals surface area contributed by atoms with Crippen molar-refractivity contribution in [1.82, 2.24) is 0 Å². The Labute approximate surface area is 153 Å². The van der Waals surface area contributed by atoms with E-state index in [0.29, 0.717) is 6.54 Å². The van der Waals surface area contributed by atoms with Crippen LogP contribution in [0.2, 0.25) is 0 Å². The molecule has 0 amide bonds. The average Bonchev–Trinajstić information content (AvgIpc) is 2.79. The molecule has 0 spiro atoms. The Morgan fingerprint density at radius 1 is 1.20 bits per heavy atom. The second kappa shape index (κ2) is 5.72. The van der Waals surface area contributed by atoms with Gasteiger partial charge >= 0.3 is 0 Å². The van der Waals surface area contributed by atoms with Crippen LogP contribution < -0.4 is 16.3 Å². The third-order valence-corrected chi connectivity index (χ3v) is 5.58. The highest BCUT2D eigenvalue weighted by atomic mass is 32.1. The molecular weight excluding hydrogens is 324 g/mol. The Kier molecular flexibility index (Phi) is 3.75. The zero-order valence-electron chi connectivity index (χ0n) is 14.6. The highest BCUT2D eigenvalue weighted by Gasteiger charge is 2.32. The van der Waals surface area contributed by atoms with Crippen LogP contribution in [0.5, 0.6) is 0 Å². The van der Waals surface area contributed by atoms with Gasteiger partial charge in [-0.2, -0.15) is 0 Å². The van der Waals surface area contributed by atoms with E-state index < -0.39 is 0 Å². The minimum Gasteiger partial charge on any atom is -0.327 e. The van der Waals surface area contributed by atoms with Crippen LogP contribution in [0, 0.1) is 0 Å². The number of rotatable bonds is 1. The molecule has 2 aliphatic rings. The molecule has 0 unspecified atom stereocenters. The van der Waals surface area contributed by atoms with E-state index in [1.807, 2.05) is 6.07 Å². The molecule has 1 aliphatic carbocycles. The summed E-state index contributed by atoms with van der Waals surface area (Å²) in [5.41, 5.74) is 12.7. The van der Waals surface area contributed by atoms with E-state index in [2.05, 4.69) is 69.5 Å². The summed E-state index contributed by atoms with van der Waals surface area (Å²) in [7, 11) is 0. The summed E-state index contributed by atoms with van der Waals surface area (Å²) in [5.74, 6) is 0. The maximum atomic E-state index is 5.89. The molecule has 2 aromatic carbocycles. The molecule has 0 radical (unpaired) electrons. The zero-order valence-corrected chi connectivity index (χ0v) is 15.5. The summed E-state index contributed by atoms with van der Waals surface area (Å²) in [6.07, 6.45) is 7.42. The van der Waals surface area contributed by atoms with Gasteiger partial charge in [-0.05, 0) is 46.5 Å². The van der Waals surface area contributed by atoms with Crippen molar-refractivity contribution in [3.63, 3.8) is 0 Å². The molecule has 3 heteroatoms. The summed E-state index contributed by atoms with van der Waals surface area (Å²) in [5, 5.41) is 2.08. The molecule has 2 nitrogen and oxygen atoms in total. The van der Waals surface area contributed by atoms with Crippen molar-refractivity contribution in [3.05, 3.63) is 68.7 Å². The van der Waals surface area contributed by atoms with Gasteiger partial charge < -0.3 is 5.73 Å². The first-order valence-corrected chi connectivity index (χ1v) is 9.01. The topological polar surface area (TPSA) is 38.4 Å². The predicted molar refractivity (Wildman–Crippen MR) is 109 cm³/mol. The fourth-order valence-corrected chi connectivity index (χ4v) is 4.04. The molecule has 0 atom stereocenters. The molecule has 2 N–H and O–H groups in total.